The molecule has 3 heterocycles. The van der Waals surface area contributed by atoms with Gasteiger partial charge in [-0.15, -0.1) is 0 Å². The lowest BCUT2D eigenvalue weighted by Crippen LogP contribution is -2.64. The minimum atomic E-state index is 0.130. The number of nitrogens with one attached hydrogen (secondary N) is 2. The van der Waals surface area contributed by atoms with Gasteiger partial charge in [-0.05, 0) is 24.7 Å². The number of hydrogen-bond acceptors (Lipinski definition) is 4. The van der Waals surface area contributed by atoms with E-state index in [1.54, 1.807) is 0 Å². The van der Waals surface area contributed by atoms with E-state index >= 15 is 0 Å². The summed E-state index contributed by atoms with van der Waals surface area (Å²) in [6, 6.07) is 0. The standard InChI is InChI=1S/C15H30N4/c1-13(2)7-16-11-12-17-8-14(3,4)10-19(12)15(5,6)18(11)9-13/h11-12,16-17H,7-10H2,1-6H3/t11-,12-/m1/s1. The van der Waals surface area contributed by atoms with E-state index in [0.29, 0.717) is 23.2 Å². The molecule has 3 saturated heterocycles. The van der Waals surface area contributed by atoms with E-state index in [1.165, 1.54) is 13.1 Å². The average Bonchev–Trinajstić information content (AvgIpc) is 2.46. The van der Waals surface area contributed by atoms with Crippen LogP contribution >= 0.6 is 0 Å². The van der Waals surface area contributed by atoms with Gasteiger partial charge in [0.1, 0.15) is 0 Å². The van der Waals surface area contributed by atoms with Gasteiger partial charge in [-0.1, -0.05) is 27.7 Å². The van der Waals surface area contributed by atoms with Gasteiger partial charge in [0.05, 0.1) is 18.0 Å². The second kappa shape index (κ2) is 3.94. The Labute approximate surface area is 117 Å². The van der Waals surface area contributed by atoms with E-state index in [0.717, 1.165) is 13.1 Å². The molecular weight excluding hydrogens is 236 g/mol. The van der Waals surface area contributed by atoms with Crippen LogP contribution in [0.15, 0.2) is 0 Å². The zero-order valence-electron chi connectivity index (χ0n) is 13.4. The molecule has 3 aliphatic heterocycles. The molecule has 4 heteroatoms. The lowest BCUT2D eigenvalue weighted by atomic mass is 9.89. The zero-order chi connectivity index (χ0) is 14.1. The maximum atomic E-state index is 3.78. The first-order chi connectivity index (χ1) is 8.62. The van der Waals surface area contributed by atoms with Gasteiger partial charge >= 0.3 is 0 Å². The smallest absolute Gasteiger partial charge is 0.0909 e. The van der Waals surface area contributed by atoms with E-state index in [4.69, 9.17) is 0 Å². The Bertz CT molecular complexity index is 340. The van der Waals surface area contributed by atoms with Crippen molar-refractivity contribution < 1.29 is 0 Å². The van der Waals surface area contributed by atoms with Crippen LogP contribution in [0.3, 0.4) is 0 Å². The predicted molar refractivity (Wildman–Crippen MR) is 78.6 cm³/mol. The van der Waals surface area contributed by atoms with Gasteiger partial charge in [-0.3, -0.25) is 20.4 Å². The lowest BCUT2D eigenvalue weighted by Gasteiger charge is -2.47. The Balaban J connectivity index is 1.90. The molecule has 2 N–H and O–H groups in total. The van der Waals surface area contributed by atoms with E-state index in [2.05, 4.69) is 62.0 Å². The van der Waals surface area contributed by atoms with Crippen LogP contribution < -0.4 is 10.6 Å². The molecule has 3 fully saturated rings. The van der Waals surface area contributed by atoms with Crippen LogP contribution in [0.1, 0.15) is 41.5 Å². The third-order valence-corrected chi connectivity index (χ3v) is 5.15. The molecule has 0 saturated carbocycles. The van der Waals surface area contributed by atoms with Crippen molar-refractivity contribution in [3.8, 4) is 0 Å². The molecule has 19 heavy (non-hydrogen) atoms. The highest BCUT2D eigenvalue weighted by atomic mass is 15.6. The van der Waals surface area contributed by atoms with Gasteiger partial charge in [0.15, 0.2) is 0 Å². The summed E-state index contributed by atoms with van der Waals surface area (Å²) in [5.74, 6) is 0. The van der Waals surface area contributed by atoms with Crippen LogP contribution in [0, 0.1) is 10.8 Å². The molecule has 4 nitrogen and oxygen atoms in total. The molecule has 2 atom stereocenters. The largest absolute Gasteiger partial charge is 0.299 e. The van der Waals surface area contributed by atoms with Crippen LogP contribution in [-0.2, 0) is 0 Å². The number of fused-ring (bicyclic) bond motifs is 3. The fourth-order valence-electron chi connectivity index (χ4n) is 4.01. The first-order valence-electron chi connectivity index (χ1n) is 7.63. The number of nitrogens with zero attached hydrogens (tertiary/aromatic N) is 2. The van der Waals surface area contributed by atoms with Crippen molar-refractivity contribution in [2.75, 3.05) is 26.2 Å². The summed E-state index contributed by atoms with van der Waals surface area (Å²) in [6.45, 7) is 18.8. The average molecular weight is 266 g/mol. The van der Waals surface area contributed by atoms with E-state index in [1.807, 2.05) is 0 Å². The lowest BCUT2D eigenvalue weighted by molar-refractivity contribution is -0.0356. The topological polar surface area (TPSA) is 30.5 Å². The molecular formula is C15H30N4. The first-order valence-corrected chi connectivity index (χ1v) is 7.63. The maximum absolute atomic E-state index is 3.78. The summed E-state index contributed by atoms with van der Waals surface area (Å²) in [6.07, 6.45) is 0.915. The first kappa shape index (κ1) is 13.8. The van der Waals surface area contributed by atoms with Crippen molar-refractivity contribution in [2.45, 2.75) is 59.5 Å². The van der Waals surface area contributed by atoms with Gasteiger partial charge in [-0.25, -0.2) is 0 Å². The minimum absolute atomic E-state index is 0.130. The molecule has 0 radical (unpaired) electrons. The Kier molecular flexibility index (Phi) is 2.86. The maximum Gasteiger partial charge on any atom is 0.0909 e. The highest BCUT2D eigenvalue weighted by Crippen LogP contribution is 2.41. The van der Waals surface area contributed by atoms with Gasteiger partial charge in [0.2, 0.25) is 0 Å². The molecule has 3 aliphatic rings. The summed E-state index contributed by atoms with van der Waals surface area (Å²) < 4.78 is 0. The molecule has 0 amide bonds. The van der Waals surface area contributed by atoms with Gasteiger partial charge < -0.3 is 0 Å². The van der Waals surface area contributed by atoms with Crippen LogP contribution in [-0.4, -0.2) is 54.0 Å². The highest BCUT2D eigenvalue weighted by Gasteiger charge is 2.57. The third kappa shape index (κ3) is 2.13. The molecule has 0 bridgehead atoms. The molecule has 110 valence electrons. The summed E-state index contributed by atoms with van der Waals surface area (Å²) in [5.41, 5.74) is 0.848. The van der Waals surface area contributed by atoms with Gasteiger partial charge in [-0.2, -0.15) is 0 Å². The Morgan fingerprint density at radius 2 is 1.11 bits per heavy atom. The highest BCUT2D eigenvalue weighted by molar-refractivity contribution is 5.08. The van der Waals surface area contributed by atoms with Crippen molar-refractivity contribution in [1.29, 1.82) is 0 Å². The Morgan fingerprint density at radius 3 is 1.47 bits per heavy atom. The molecule has 0 unspecified atom stereocenters. The molecule has 0 aromatic heterocycles. The van der Waals surface area contributed by atoms with Crippen LogP contribution in [0.25, 0.3) is 0 Å². The Hall–Kier alpha value is -0.160. The minimum Gasteiger partial charge on any atom is -0.299 e. The molecule has 3 rings (SSSR count). The van der Waals surface area contributed by atoms with Crippen LogP contribution in [0.5, 0.6) is 0 Å². The molecule has 0 aliphatic carbocycles. The molecule has 0 aromatic carbocycles. The molecule has 0 spiro atoms. The summed E-state index contributed by atoms with van der Waals surface area (Å²) in [4.78, 5) is 5.32. The fraction of sp³-hybridized carbons (Fsp3) is 1.00. The second-order valence-electron chi connectivity index (χ2n) is 8.73. The van der Waals surface area contributed by atoms with Crippen molar-refractivity contribution in [2.24, 2.45) is 10.8 Å². The third-order valence-electron chi connectivity index (χ3n) is 5.15. The van der Waals surface area contributed by atoms with Crippen molar-refractivity contribution in [1.82, 2.24) is 20.4 Å². The fourth-order valence-corrected chi connectivity index (χ4v) is 4.01. The Morgan fingerprint density at radius 1 is 0.737 bits per heavy atom. The zero-order valence-corrected chi connectivity index (χ0v) is 13.4. The van der Waals surface area contributed by atoms with Crippen molar-refractivity contribution >= 4 is 0 Å². The van der Waals surface area contributed by atoms with Crippen LogP contribution in [0.2, 0.25) is 0 Å². The predicted octanol–water partition coefficient (Wildman–Crippen LogP) is 1.25. The van der Waals surface area contributed by atoms with E-state index in [-0.39, 0.29) is 5.66 Å². The normalized spacial score (nSPS) is 40.7. The number of hydrogen-bond donors (Lipinski definition) is 2. The molecule has 0 aromatic rings. The van der Waals surface area contributed by atoms with E-state index < -0.39 is 0 Å². The van der Waals surface area contributed by atoms with Crippen molar-refractivity contribution in [3.05, 3.63) is 0 Å². The number of rotatable bonds is 0. The van der Waals surface area contributed by atoms with Crippen LogP contribution in [0.4, 0.5) is 0 Å². The summed E-state index contributed by atoms with van der Waals surface area (Å²) in [5, 5.41) is 7.55. The SMILES string of the molecule is CC1(C)CN[C@H]2[C@@H]3NCC(C)(C)CN3C(C)(C)N2C1. The monoisotopic (exact) mass is 266 g/mol. The second-order valence-corrected chi connectivity index (χ2v) is 8.73. The quantitative estimate of drug-likeness (QED) is 0.691. The summed E-state index contributed by atoms with van der Waals surface area (Å²) >= 11 is 0. The van der Waals surface area contributed by atoms with Gasteiger partial charge in [0.25, 0.3) is 0 Å². The summed E-state index contributed by atoms with van der Waals surface area (Å²) in [7, 11) is 0. The van der Waals surface area contributed by atoms with E-state index in [9.17, 15) is 0 Å². The van der Waals surface area contributed by atoms with Gasteiger partial charge in [0, 0.05) is 26.2 Å². The van der Waals surface area contributed by atoms with Crippen molar-refractivity contribution in [3.63, 3.8) is 0 Å².